The van der Waals surface area contributed by atoms with Crippen LogP contribution in [0.5, 0.6) is 0 Å². The third-order valence-electron chi connectivity index (χ3n) is 4.88. The van der Waals surface area contributed by atoms with Crippen molar-refractivity contribution in [3.8, 4) is 0 Å². The maximum atomic E-state index is 12.6. The maximum Gasteiger partial charge on any atom is 0.251 e. The molecule has 1 saturated heterocycles. The van der Waals surface area contributed by atoms with Gasteiger partial charge in [0.1, 0.15) is 19.1 Å². The molecule has 1 amide bonds. The Morgan fingerprint density at radius 2 is 1.89 bits per heavy atom. The molecule has 1 aromatic carbocycles. The second-order valence-corrected chi connectivity index (χ2v) is 9.99. The van der Waals surface area contributed by atoms with E-state index in [-0.39, 0.29) is 16.8 Å². The van der Waals surface area contributed by atoms with E-state index < -0.39 is 10.0 Å². The van der Waals surface area contributed by atoms with E-state index in [2.05, 4.69) is 11.4 Å². The van der Waals surface area contributed by atoms with Crippen LogP contribution in [0.3, 0.4) is 0 Å². The second-order valence-electron chi connectivity index (χ2n) is 6.86. The molecular weight excluding hydrogens is 398 g/mol. The molecule has 0 bridgehead atoms. The fourth-order valence-electron chi connectivity index (χ4n) is 3.20. The smallest absolute Gasteiger partial charge is 0.251 e. The Balaban J connectivity index is 1.67. The van der Waals surface area contributed by atoms with Crippen molar-refractivity contribution in [3.05, 3.63) is 52.2 Å². The molecule has 1 atom stereocenters. The number of nitrogens with zero attached hydrogens (tertiary/aromatic N) is 1. The lowest BCUT2D eigenvalue weighted by atomic mass is 10.1. The number of carbonyl (C=O) groups is 1. The predicted molar refractivity (Wildman–Crippen MR) is 108 cm³/mol. The van der Waals surface area contributed by atoms with E-state index in [4.69, 9.17) is 4.74 Å². The molecule has 0 radical (unpaired) electrons. The predicted octanol–water partition coefficient (Wildman–Crippen LogP) is 0.385. The first kappa shape index (κ1) is 20.9. The Labute approximate surface area is 170 Å². The summed E-state index contributed by atoms with van der Waals surface area (Å²) in [6.07, 6.45) is 0. The van der Waals surface area contributed by atoms with Gasteiger partial charge in [-0.15, -0.1) is 11.3 Å². The molecular formula is C19H26N3O4S2+. The normalized spacial score (nSPS) is 16.8. The van der Waals surface area contributed by atoms with Crippen molar-refractivity contribution in [2.45, 2.75) is 10.9 Å². The number of ether oxygens (including phenoxy) is 1. The largest absolute Gasteiger partial charge is 0.370 e. The van der Waals surface area contributed by atoms with E-state index in [1.54, 1.807) is 23.5 Å². The van der Waals surface area contributed by atoms with Gasteiger partial charge in [0, 0.05) is 19.7 Å². The molecule has 3 rings (SSSR count). The molecule has 0 saturated carbocycles. The number of nitrogens with one attached hydrogen (secondary N) is 2. The van der Waals surface area contributed by atoms with Gasteiger partial charge in [-0.1, -0.05) is 6.07 Å². The molecule has 2 aromatic rings. The van der Waals surface area contributed by atoms with E-state index in [0.29, 0.717) is 12.1 Å². The van der Waals surface area contributed by atoms with Crippen molar-refractivity contribution in [1.29, 1.82) is 0 Å². The molecule has 0 unspecified atom stereocenters. The highest BCUT2D eigenvalue weighted by atomic mass is 32.2. The van der Waals surface area contributed by atoms with E-state index in [1.165, 1.54) is 36.0 Å². The van der Waals surface area contributed by atoms with Crippen LogP contribution in [-0.2, 0) is 14.8 Å². The first-order valence-electron chi connectivity index (χ1n) is 9.16. The van der Waals surface area contributed by atoms with Gasteiger partial charge in [-0.05, 0) is 35.7 Å². The van der Waals surface area contributed by atoms with Gasteiger partial charge in [0.25, 0.3) is 5.91 Å². The quantitative estimate of drug-likeness (QED) is 0.674. The van der Waals surface area contributed by atoms with Crippen molar-refractivity contribution in [2.75, 3.05) is 46.9 Å². The standard InChI is InChI=1S/C19H25N3O4S2/c1-21(2)28(24,25)16-7-5-15(6-8-16)19(23)20-14-17(18-4-3-13-27-18)22-9-11-26-12-10-22/h3-8,13,17H,9-12,14H2,1-2H3,(H,20,23)/p+1/t17-/m0/s1. The van der Waals surface area contributed by atoms with Crippen LogP contribution in [0.1, 0.15) is 21.3 Å². The lowest BCUT2D eigenvalue weighted by molar-refractivity contribution is -0.937. The monoisotopic (exact) mass is 424 g/mol. The van der Waals surface area contributed by atoms with Gasteiger partial charge >= 0.3 is 0 Å². The molecule has 2 heterocycles. The summed E-state index contributed by atoms with van der Waals surface area (Å²) in [4.78, 5) is 15.4. The molecule has 2 N–H and O–H groups in total. The highest BCUT2D eigenvalue weighted by Crippen LogP contribution is 2.17. The average Bonchev–Trinajstić information content (AvgIpc) is 3.23. The fourth-order valence-corrected chi connectivity index (χ4v) is 4.99. The van der Waals surface area contributed by atoms with Gasteiger partial charge in [-0.3, -0.25) is 4.79 Å². The Morgan fingerprint density at radius 3 is 2.46 bits per heavy atom. The van der Waals surface area contributed by atoms with Crippen molar-refractivity contribution in [1.82, 2.24) is 9.62 Å². The first-order valence-corrected chi connectivity index (χ1v) is 11.5. The SMILES string of the molecule is CN(C)S(=O)(=O)c1ccc(C(=O)NC[C@@H](c2cccs2)[NH+]2CCOCC2)cc1. The minimum Gasteiger partial charge on any atom is -0.370 e. The lowest BCUT2D eigenvalue weighted by Crippen LogP contribution is -3.15. The number of sulfonamides is 1. The molecule has 9 heteroatoms. The Kier molecular flexibility index (Phi) is 6.84. The van der Waals surface area contributed by atoms with E-state index >= 15 is 0 Å². The fraction of sp³-hybridized carbons (Fsp3) is 0.421. The summed E-state index contributed by atoms with van der Waals surface area (Å²) < 4.78 is 30.9. The number of hydrogen-bond donors (Lipinski definition) is 2. The number of rotatable bonds is 7. The van der Waals surface area contributed by atoms with Crippen molar-refractivity contribution in [2.24, 2.45) is 0 Å². The molecule has 152 valence electrons. The molecule has 0 spiro atoms. The Bertz CT molecular complexity index is 874. The van der Waals surface area contributed by atoms with Gasteiger partial charge in [0.05, 0.1) is 29.5 Å². The number of thiophene rings is 1. The average molecular weight is 425 g/mol. The molecule has 1 aliphatic rings. The molecule has 1 aliphatic heterocycles. The summed E-state index contributed by atoms with van der Waals surface area (Å²) in [5.74, 6) is -0.206. The van der Waals surface area contributed by atoms with Crippen molar-refractivity contribution < 1.29 is 22.8 Å². The highest BCUT2D eigenvalue weighted by Gasteiger charge is 2.27. The number of benzene rings is 1. The van der Waals surface area contributed by atoms with E-state index in [1.807, 2.05) is 11.4 Å². The molecule has 1 fully saturated rings. The van der Waals surface area contributed by atoms with Crippen LogP contribution in [0.4, 0.5) is 0 Å². The number of amides is 1. The van der Waals surface area contributed by atoms with Crippen LogP contribution in [-0.4, -0.2) is 65.6 Å². The molecule has 1 aromatic heterocycles. The number of hydrogen-bond acceptors (Lipinski definition) is 5. The third kappa shape index (κ3) is 4.79. The minimum absolute atomic E-state index is 0.170. The first-order chi connectivity index (χ1) is 13.4. The molecule has 28 heavy (non-hydrogen) atoms. The van der Waals surface area contributed by atoms with Gasteiger partial charge in [-0.2, -0.15) is 0 Å². The zero-order chi connectivity index (χ0) is 20.1. The summed E-state index contributed by atoms with van der Waals surface area (Å²) in [6.45, 7) is 3.80. The van der Waals surface area contributed by atoms with Crippen LogP contribution in [0, 0.1) is 0 Å². The lowest BCUT2D eigenvalue weighted by Gasteiger charge is -2.31. The zero-order valence-electron chi connectivity index (χ0n) is 16.1. The van der Waals surface area contributed by atoms with Crippen LogP contribution in [0.15, 0.2) is 46.7 Å². The van der Waals surface area contributed by atoms with E-state index in [0.717, 1.165) is 30.6 Å². The maximum absolute atomic E-state index is 12.6. The van der Waals surface area contributed by atoms with Gasteiger partial charge < -0.3 is 15.0 Å². The van der Waals surface area contributed by atoms with Gasteiger partial charge in [0.2, 0.25) is 10.0 Å². The number of carbonyl (C=O) groups excluding carboxylic acids is 1. The molecule has 0 aliphatic carbocycles. The van der Waals surface area contributed by atoms with Crippen LogP contribution in [0.2, 0.25) is 0 Å². The van der Waals surface area contributed by atoms with Crippen LogP contribution in [0.25, 0.3) is 0 Å². The second kappa shape index (κ2) is 9.15. The number of quaternary nitrogens is 1. The summed E-state index contributed by atoms with van der Waals surface area (Å²) >= 11 is 1.70. The third-order valence-corrected chi connectivity index (χ3v) is 7.69. The zero-order valence-corrected chi connectivity index (χ0v) is 17.7. The minimum atomic E-state index is -3.50. The van der Waals surface area contributed by atoms with Crippen molar-refractivity contribution in [3.63, 3.8) is 0 Å². The van der Waals surface area contributed by atoms with Gasteiger partial charge in [0.15, 0.2) is 0 Å². The topological polar surface area (TPSA) is 80.2 Å². The summed E-state index contributed by atoms with van der Waals surface area (Å²) in [6, 6.07) is 10.3. The summed E-state index contributed by atoms with van der Waals surface area (Å²) in [5, 5.41) is 5.06. The van der Waals surface area contributed by atoms with Crippen molar-refractivity contribution >= 4 is 27.3 Å². The summed E-state index contributed by atoms with van der Waals surface area (Å²) in [5.41, 5.74) is 0.444. The Hall–Kier alpha value is -1.78. The highest BCUT2D eigenvalue weighted by molar-refractivity contribution is 7.89. The number of morpholine rings is 1. The van der Waals surface area contributed by atoms with E-state index in [9.17, 15) is 13.2 Å². The molecule has 7 nitrogen and oxygen atoms in total. The Morgan fingerprint density at radius 1 is 1.21 bits per heavy atom. The van der Waals surface area contributed by atoms with Crippen LogP contribution >= 0.6 is 11.3 Å². The van der Waals surface area contributed by atoms with Gasteiger partial charge in [-0.25, -0.2) is 12.7 Å². The van der Waals surface area contributed by atoms with Crippen LogP contribution < -0.4 is 10.2 Å². The summed E-state index contributed by atoms with van der Waals surface area (Å²) in [7, 11) is -0.540.